The number of ether oxygens (including phenoxy) is 1. The molecular weight excluding hydrogens is 324 g/mol. The maximum atomic E-state index is 12.4. The minimum absolute atomic E-state index is 0.00210. The molecule has 1 aliphatic rings. The first-order chi connectivity index (χ1) is 10.9. The summed E-state index contributed by atoms with van der Waals surface area (Å²) < 4.78 is 4.69. The SMILES string of the molecule is COC(=O)C1=C(Nc2cc(Cl)cc(C)c2O)C(=O)N(CCO)C1. The van der Waals surface area contributed by atoms with Crippen LogP contribution in [0.1, 0.15) is 5.56 Å². The highest BCUT2D eigenvalue weighted by Gasteiger charge is 2.34. The third kappa shape index (κ3) is 3.40. The molecule has 7 nitrogen and oxygen atoms in total. The summed E-state index contributed by atoms with van der Waals surface area (Å²) in [6, 6.07) is 3.03. The van der Waals surface area contributed by atoms with Crippen molar-refractivity contribution in [3.63, 3.8) is 0 Å². The number of aryl methyl sites for hydroxylation is 1. The molecule has 2 rings (SSSR count). The van der Waals surface area contributed by atoms with E-state index in [1.165, 1.54) is 18.1 Å². The number of hydrogen-bond acceptors (Lipinski definition) is 6. The van der Waals surface area contributed by atoms with Gasteiger partial charge in [-0.3, -0.25) is 4.79 Å². The lowest BCUT2D eigenvalue weighted by Crippen LogP contribution is -2.31. The Hall–Kier alpha value is -2.25. The van der Waals surface area contributed by atoms with Gasteiger partial charge >= 0.3 is 5.97 Å². The molecule has 0 aromatic heterocycles. The van der Waals surface area contributed by atoms with Crippen molar-refractivity contribution in [2.45, 2.75) is 6.92 Å². The molecule has 0 atom stereocenters. The Labute approximate surface area is 138 Å². The molecule has 1 amide bonds. The molecule has 0 fully saturated rings. The topological polar surface area (TPSA) is 99.1 Å². The van der Waals surface area contributed by atoms with Gasteiger partial charge in [-0.25, -0.2) is 4.79 Å². The van der Waals surface area contributed by atoms with Crippen molar-refractivity contribution in [3.8, 4) is 5.75 Å². The third-order valence-electron chi connectivity index (χ3n) is 3.48. The van der Waals surface area contributed by atoms with Gasteiger partial charge in [0.2, 0.25) is 0 Å². The number of halogens is 1. The number of phenols is 1. The molecule has 0 saturated heterocycles. The van der Waals surface area contributed by atoms with Gasteiger partial charge in [0, 0.05) is 11.6 Å². The van der Waals surface area contributed by atoms with E-state index in [4.69, 9.17) is 16.7 Å². The summed E-state index contributed by atoms with van der Waals surface area (Å²) >= 11 is 5.96. The number of anilines is 1. The van der Waals surface area contributed by atoms with Crippen molar-refractivity contribution in [1.82, 2.24) is 4.90 Å². The third-order valence-corrected chi connectivity index (χ3v) is 3.70. The average Bonchev–Trinajstić information content (AvgIpc) is 2.81. The number of aliphatic hydroxyl groups excluding tert-OH is 1. The van der Waals surface area contributed by atoms with Crippen LogP contribution in [0, 0.1) is 6.92 Å². The lowest BCUT2D eigenvalue weighted by Gasteiger charge is -2.15. The summed E-state index contributed by atoms with van der Waals surface area (Å²) in [6.45, 7) is 1.55. The monoisotopic (exact) mass is 340 g/mol. The van der Waals surface area contributed by atoms with Gasteiger partial charge in [-0.05, 0) is 24.6 Å². The summed E-state index contributed by atoms with van der Waals surface area (Å²) in [5.74, 6) is -1.18. The Balaban J connectivity index is 2.41. The van der Waals surface area contributed by atoms with E-state index >= 15 is 0 Å². The smallest absolute Gasteiger partial charge is 0.337 e. The highest BCUT2D eigenvalue weighted by molar-refractivity contribution is 6.31. The fourth-order valence-electron chi connectivity index (χ4n) is 2.31. The molecule has 0 saturated carbocycles. The van der Waals surface area contributed by atoms with Gasteiger partial charge < -0.3 is 25.2 Å². The molecule has 3 N–H and O–H groups in total. The molecule has 0 aliphatic carbocycles. The molecule has 0 unspecified atom stereocenters. The molecule has 23 heavy (non-hydrogen) atoms. The number of carbonyl (C=O) groups excluding carboxylic acids is 2. The van der Waals surface area contributed by atoms with Gasteiger partial charge in [-0.15, -0.1) is 0 Å². The van der Waals surface area contributed by atoms with E-state index in [0.717, 1.165) is 0 Å². The number of methoxy groups -OCH3 is 1. The van der Waals surface area contributed by atoms with Crippen molar-refractivity contribution in [3.05, 3.63) is 34.0 Å². The predicted molar refractivity (Wildman–Crippen MR) is 84.2 cm³/mol. The fourth-order valence-corrected chi connectivity index (χ4v) is 2.59. The number of esters is 1. The molecule has 1 aliphatic heterocycles. The Kier molecular flexibility index (Phi) is 5.12. The van der Waals surface area contributed by atoms with Gasteiger partial charge in [0.05, 0.1) is 31.5 Å². The zero-order chi connectivity index (χ0) is 17.1. The molecule has 0 bridgehead atoms. The van der Waals surface area contributed by atoms with Crippen molar-refractivity contribution < 1.29 is 24.5 Å². The van der Waals surface area contributed by atoms with E-state index in [2.05, 4.69) is 10.1 Å². The van der Waals surface area contributed by atoms with Gasteiger partial charge in [0.25, 0.3) is 5.91 Å². The number of nitrogens with one attached hydrogen (secondary N) is 1. The lowest BCUT2D eigenvalue weighted by molar-refractivity contribution is -0.136. The molecule has 1 aromatic carbocycles. The van der Waals surface area contributed by atoms with Crippen molar-refractivity contribution in [2.24, 2.45) is 0 Å². The van der Waals surface area contributed by atoms with Crippen LogP contribution in [-0.2, 0) is 14.3 Å². The van der Waals surface area contributed by atoms with Crippen LogP contribution in [0.5, 0.6) is 5.75 Å². The highest BCUT2D eigenvalue weighted by atomic mass is 35.5. The summed E-state index contributed by atoms with van der Waals surface area (Å²) in [5, 5.41) is 22.2. The molecule has 1 aromatic rings. The largest absolute Gasteiger partial charge is 0.505 e. The Morgan fingerprint density at radius 1 is 1.48 bits per heavy atom. The van der Waals surface area contributed by atoms with Crippen molar-refractivity contribution in [1.29, 1.82) is 0 Å². The quantitative estimate of drug-likeness (QED) is 0.547. The Morgan fingerprint density at radius 3 is 2.78 bits per heavy atom. The first-order valence-electron chi connectivity index (χ1n) is 6.86. The molecule has 0 spiro atoms. The average molecular weight is 341 g/mol. The van der Waals surface area contributed by atoms with Crippen LogP contribution in [0.3, 0.4) is 0 Å². The van der Waals surface area contributed by atoms with Gasteiger partial charge in [-0.2, -0.15) is 0 Å². The minimum atomic E-state index is -0.653. The number of β-amino-alcohol motifs (C(OH)–C–C–N with tert-alkyl or cyclic N) is 1. The van der Waals surface area contributed by atoms with Crippen molar-refractivity contribution in [2.75, 3.05) is 32.1 Å². The number of aliphatic hydroxyl groups is 1. The number of carbonyl (C=O) groups is 2. The van der Waals surface area contributed by atoms with E-state index in [9.17, 15) is 14.7 Å². The molecule has 8 heteroatoms. The van der Waals surface area contributed by atoms with E-state index in [1.54, 1.807) is 13.0 Å². The van der Waals surface area contributed by atoms with Gasteiger partial charge in [0.1, 0.15) is 11.4 Å². The molecule has 124 valence electrons. The number of rotatable bonds is 5. The van der Waals surface area contributed by atoms with E-state index in [-0.39, 0.29) is 42.4 Å². The second kappa shape index (κ2) is 6.89. The number of hydrogen-bond donors (Lipinski definition) is 3. The van der Waals surface area contributed by atoms with E-state index in [1.807, 2.05) is 0 Å². The summed E-state index contributed by atoms with van der Waals surface area (Å²) in [5.41, 5.74) is 0.869. The number of amides is 1. The number of nitrogens with zero attached hydrogens (tertiary/aromatic N) is 1. The van der Waals surface area contributed by atoms with Crippen LogP contribution in [0.4, 0.5) is 5.69 Å². The lowest BCUT2D eigenvalue weighted by atomic mass is 10.1. The second-order valence-electron chi connectivity index (χ2n) is 5.04. The summed E-state index contributed by atoms with van der Waals surface area (Å²) in [6.07, 6.45) is 0. The molecular formula is C15H17ClN2O5. The standard InChI is InChI=1S/C15H17ClN2O5/c1-8-5-9(16)6-11(13(8)20)17-12-10(15(22)23-2)7-18(3-4-19)14(12)21/h5-6,17,19-20H,3-4,7H2,1-2H3. The van der Waals surface area contributed by atoms with Crippen LogP contribution in [-0.4, -0.2) is 53.8 Å². The zero-order valence-corrected chi connectivity index (χ0v) is 13.5. The first kappa shape index (κ1) is 17.1. The van der Waals surface area contributed by atoms with Crippen LogP contribution < -0.4 is 5.32 Å². The Bertz CT molecular complexity index is 687. The number of phenolic OH excluding ortho intramolecular Hbond substituents is 1. The number of aromatic hydroxyl groups is 1. The maximum absolute atomic E-state index is 12.4. The highest BCUT2D eigenvalue weighted by Crippen LogP contribution is 2.33. The molecule has 0 radical (unpaired) electrons. The Morgan fingerprint density at radius 2 is 2.17 bits per heavy atom. The minimum Gasteiger partial charge on any atom is -0.505 e. The number of benzene rings is 1. The zero-order valence-electron chi connectivity index (χ0n) is 12.7. The molecule has 1 heterocycles. The summed E-state index contributed by atoms with van der Waals surface area (Å²) in [7, 11) is 1.22. The summed E-state index contributed by atoms with van der Waals surface area (Å²) in [4.78, 5) is 25.6. The van der Waals surface area contributed by atoms with Crippen LogP contribution in [0.25, 0.3) is 0 Å². The normalized spacial score (nSPS) is 14.4. The van der Waals surface area contributed by atoms with Gasteiger partial charge in [0.15, 0.2) is 0 Å². The van der Waals surface area contributed by atoms with E-state index in [0.29, 0.717) is 10.6 Å². The van der Waals surface area contributed by atoms with Gasteiger partial charge in [-0.1, -0.05) is 11.6 Å². The first-order valence-corrected chi connectivity index (χ1v) is 7.24. The predicted octanol–water partition coefficient (Wildman–Crippen LogP) is 1.03. The van der Waals surface area contributed by atoms with Crippen LogP contribution in [0.2, 0.25) is 5.02 Å². The second-order valence-corrected chi connectivity index (χ2v) is 5.48. The fraction of sp³-hybridized carbons (Fsp3) is 0.333. The van der Waals surface area contributed by atoms with Crippen LogP contribution in [0.15, 0.2) is 23.4 Å². The van der Waals surface area contributed by atoms with Crippen LogP contribution >= 0.6 is 11.6 Å². The van der Waals surface area contributed by atoms with E-state index < -0.39 is 11.9 Å². The maximum Gasteiger partial charge on any atom is 0.337 e. The van der Waals surface area contributed by atoms with Crippen molar-refractivity contribution >= 4 is 29.2 Å².